The highest BCUT2D eigenvalue weighted by Crippen LogP contribution is 2.43. The van der Waals surface area contributed by atoms with E-state index in [1.807, 2.05) is 9.13 Å². The number of nitrogens with one attached hydrogen (secondary N) is 1. The minimum atomic E-state index is -0.708. The number of primary amides is 2. The molecular formula is C34H24Cl4N14O4. The number of aryl methyl sites for hydroxylation is 2. The maximum atomic E-state index is 12.5. The van der Waals surface area contributed by atoms with Crippen LogP contribution in [0.5, 0.6) is 11.5 Å². The van der Waals surface area contributed by atoms with E-state index in [0.29, 0.717) is 56.1 Å². The van der Waals surface area contributed by atoms with E-state index in [1.54, 1.807) is 48.5 Å². The molecule has 0 aliphatic carbocycles. The van der Waals surface area contributed by atoms with Crippen molar-refractivity contribution in [2.45, 2.75) is 13.1 Å². The first-order valence-electron chi connectivity index (χ1n) is 16.2. The number of benzene rings is 4. The highest BCUT2D eigenvalue weighted by Gasteiger charge is 2.28. The Hall–Kier alpha value is -6.34. The van der Waals surface area contributed by atoms with Gasteiger partial charge in [0.2, 0.25) is 5.82 Å². The lowest BCUT2D eigenvalue weighted by Crippen LogP contribution is -2.13. The van der Waals surface area contributed by atoms with Crippen molar-refractivity contribution in [2.24, 2.45) is 11.5 Å². The smallest absolute Gasteiger partial charge is 0.252 e. The summed E-state index contributed by atoms with van der Waals surface area (Å²) in [5.41, 5.74) is 15.2. The zero-order valence-electron chi connectivity index (χ0n) is 28.8. The Balaban J connectivity index is 1.39. The molecule has 4 heterocycles. The Labute approximate surface area is 334 Å². The number of halogens is 4. The van der Waals surface area contributed by atoms with Crippen molar-refractivity contribution in [1.82, 2.24) is 59.9 Å². The molecule has 0 atom stereocenters. The SMILES string of the molecule is COc1c(C(N)=O)ccc2c1nc(-c1ccc(Cl)c(Cl)c1-c1nn[nH]n1)n2CCn1c(-c2ccc(Cl)c(Cl)c2-n2cnnn2)nc2c(OC)c(C(N)=O)ccc21. The number of rotatable bonds is 11. The lowest BCUT2D eigenvalue weighted by atomic mass is 10.1. The second kappa shape index (κ2) is 14.4. The third kappa shape index (κ3) is 5.90. The third-order valence-corrected chi connectivity index (χ3v) is 10.6. The van der Waals surface area contributed by atoms with Gasteiger partial charge < -0.3 is 30.1 Å². The molecule has 18 nitrogen and oxygen atoms in total. The number of tetrazole rings is 2. The number of fused-ring (bicyclic) bond motifs is 2. The number of aromatic amines is 1. The standard InChI is InChI=1S/C34H24Cl4N14O4/c1-55-28-16(30(39)53)5-9-20-25(28)42-33(14-3-7-18(35)23(37)22(14)32-44-47-48-45-32)50(20)11-12-51-21-10-6-17(31(40)54)29(56-2)26(21)43-34(51)15-4-8-19(36)24(38)27(15)52-13-41-46-49-52/h3-10,13H,11-12H2,1-2H3,(H2,39,53)(H2,40,54)(H,44,45,47,48). The minimum absolute atomic E-state index is 0.124. The average Bonchev–Trinajstić information content (AvgIpc) is 4.02. The van der Waals surface area contributed by atoms with Gasteiger partial charge in [-0.25, -0.2) is 9.97 Å². The molecule has 0 spiro atoms. The second-order valence-electron chi connectivity index (χ2n) is 12.0. The molecule has 8 aromatic rings. The Morgan fingerprint density at radius 2 is 1.30 bits per heavy atom. The molecular weight excluding hydrogens is 810 g/mol. The van der Waals surface area contributed by atoms with E-state index in [0.717, 1.165) is 0 Å². The third-order valence-electron chi connectivity index (χ3n) is 9.03. The number of nitrogens with zero attached hydrogens (tertiary/aromatic N) is 11. The molecule has 0 radical (unpaired) electrons. The number of ether oxygens (including phenoxy) is 2. The van der Waals surface area contributed by atoms with E-state index in [-0.39, 0.29) is 61.6 Å². The number of methoxy groups -OCH3 is 2. The summed E-state index contributed by atoms with van der Waals surface area (Å²) in [5, 5.41) is 26.9. The van der Waals surface area contributed by atoms with Crippen LogP contribution in [-0.4, -0.2) is 86.0 Å². The molecule has 0 fully saturated rings. The van der Waals surface area contributed by atoms with Gasteiger partial charge in [0.05, 0.1) is 67.7 Å². The Morgan fingerprint density at radius 1 is 0.750 bits per heavy atom. The van der Waals surface area contributed by atoms with Crippen LogP contribution in [0.3, 0.4) is 0 Å². The number of imidazole rings is 2. The van der Waals surface area contributed by atoms with Crippen LogP contribution >= 0.6 is 46.4 Å². The predicted molar refractivity (Wildman–Crippen MR) is 206 cm³/mol. The van der Waals surface area contributed by atoms with Crippen molar-refractivity contribution in [2.75, 3.05) is 14.2 Å². The maximum Gasteiger partial charge on any atom is 0.252 e. The molecule has 4 aromatic carbocycles. The monoisotopic (exact) mass is 832 g/mol. The molecule has 0 aliphatic heterocycles. The average molecular weight is 834 g/mol. The summed E-state index contributed by atoms with van der Waals surface area (Å²) in [5.74, 6) is -0.173. The van der Waals surface area contributed by atoms with Crippen LogP contribution in [0.15, 0.2) is 54.9 Å². The lowest BCUT2D eigenvalue weighted by Gasteiger charge is -2.17. The van der Waals surface area contributed by atoms with E-state index < -0.39 is 11.8 Å². The number of nitrogens with two attached hydrogens (primary N) is 2. The summed E-state index contributed by atoms with van der Waals surface area (Å²) < 4.78 is 16.6. The van der Waals surface area contributed by atoms with Gasteiger partial charge in [-0.2, -0.15) is 9.90 Å². The molecule has 0 unspecified atom stereocenters. The second-order valence-corrected chi connectivity index (χ2v) is 13.5. The van der Waals surface area contributed by atoms with Crippen LogP contribution in [0.4, 0.5) is 0 Å². The molecule has 5 N–H and O–H groups in total. The van der Waals surface area contributed by atoms with Crippen LogP contribution in [0, 0.1) is 0 Å². The Morgan fingerprint density at radius 3 is 1.80 bits per heavy atom. The Bertz CT molecular complexity index is 2660. The number of aromatic nitrogens is 12. The number of carbonyl (C=O) groups is 2. The van der Waals surface area contributed by atoms with Crippen LogP contribution in [0.2, 0.25) is 20.1 Å². The highest BCUT2D eigenvalue weighted by molar-refractivity contribution is 6.44. The molecule has 4 aromatic heterocycles. The molecule has 2 amide bonds. The molecule has 0 saturated carbocycles. The molecule has 0 saturated heterocycles. The van der Waals surface area contributed by atoms with Crippen LogP contribution in [0.25, 0.3) is 61.9 Å². The number of hydrogen-bond donors (Lipinski definition) is 3. The topological polar surface area (TPSA) is 238 Å². The normalized spacial score (nSPS) is 11.5. The number of hydrogen-bond acceptors (Lipinski definition) is 12. The summed E-state index contributed by atoms with van der Waals surface area (Å²) in [4.78, 5) is 35.0. The van der Waals surface area contributed by atoms with Crippen LogP contribution in [-0.2, 0) is 13.1 Å². The van der Waals surface area contributed by atoms with Crippen molar-refractivity contribution in [1.29, 1.82) is 0 Å². The van der Waals surface area contributed by atoms with Gasteiger partial charge >= 0.3 is 0 Å². The van der Waals surface area contributed by atoms with E-state index in [4.69, 9.17) is 77.3 Å². The van der Waals surface area contributed by atoms with Gasteiger partial charge in [-0.3, -0.25) is 9.59 Å². The first kappa shape index (κ1) is 36.6. The van der Waals surface area contributed by atoms with E-state index in [1.165, 1.54) is 25.2 Å². The quantitative estimate of drug-likeness (QED) is 0.148. The minimum Gasteiger partial charge on any atom is -0.494 e. The van der Waals surface area contributed by atoms with Crippen molar-refractivity contribution < 1.29 is 19.1 Å². The zero-order chi connectivity index (χ0) is 39.4. The van der Waals surface area contributed by atoms with Crippen molar-refractivity contribution in [3.05, 3.63) is 86.1 Å². The molecule has 282 valence electrons. The molecule has 0 bridgehead atoms. The molecule has 22 heteroatoms. The van der Waals surface area contributed by atoms with E-state index in [9.17, 15) is 9.59 Å². The van der Waals surface area contributed by atoms with Crippen LogP contribution < -0.4 is 20.9 Å². The van der Waals surface area contributed by atoms with Crippen LogP contribution in [0.1, 0.15) is 20.7 Å². The fourth-order valence-electron chi connectivity index (χ4n) is 6.63. The van der Waals surface area contributed by atoms with Crippen molar-refractivity contribution in [3.63, 3.8) is 0 Å². The predicted octanol–water partition coefficient (Wildman–Crippen LogP) is 5.40. The number of H-pyrrole nitrogens is 1. The summed E-state index contributed by atoms with van der Waals surface area (Å²) in [7, 11) is 2.84. The molecule has 56 heavy (non-hydrogen) atoms. The van der Waals surface area contributed by atoms with E-state index >= 15 is 0 Å². The highest BCUT2D eigenvalue weighted by atomic mass is 35.5. The molecule has 0 aliphatic rings. The van der Waals surface area contributed by atoms with Gasteiger partial charge in [-0.05, 0) is 64.2 Å². The van der Waals surface area contributed by atoms with Gasteiger partial charge in [0, 0.05) is 24.2 Å². The van der Waals surface area contributed by atoms with Gasteiger partial charge in [-0.1, -0.05) is 46.4 Å². The zero-order valence-corrected chi connectivity index (χ0v) is 31.9. The van der Waals surface area contributed by atoms with Gasteiger partial charge in [0.1, 0.15) is 29.0 Å². The van der Waals surface area contributed by atoms with Gasteiger partial charge in [0.15, 0.2) is 11.5 Å². The Kier molecular flexibility index (Phi) is 9.41. The van der Waals surface area contributed by atoms with Crippen molar-refractivity contribution >= 4 is 80.3 Å². The molecule has 8 rings (SSSR count). The number of amides is 2. The van der Waals surface area contributed by atoms with Gasteiger partial charge in [0.25, 0.3) is 11.8 Å². The summed E-state index contributed by atoms with van der Waals surface area (Å²) >= 11 is 26.6. The van der Waals surface area contributed by atoms with Gasteiger partial charge in [-0.15, -0.1) is 15.3 Å². The summed E-state index contributed by atoms with van der Waals surface area (Å²) in [6.07, 6.45) is 1.37. The van der Waals surface area contributed by atoms with E-state index in [2.05, 4.69) is 36.1 Å². The first-order valence-corrected chi connectivity index (χ1v) is 17.7. The van der Waals surface area contributed by atoms with Crippen molar-refractivity contribution in [3.8, 4) is 51.3 Å². The fourth-order valence-corrected chi connectivity index (χ4v) is 7.44. The fraction of sp³-hybridized carbons (Fsp3) is 0.118. The summed E-state index contributed by atoms with van der Waals surface area (Å²) in [6.45, 7) is 0.383. The lowest BCUT2D eigenvalue weighted by molar-refractivity contribution is 0.0989. The largest absolute Gasteiger partial charge is 0.494 e. The number of carbonyl (C=O) groups excluding carboxylic acids is 2. The first-order chi connectivity index (χ1) is 27.0. The maximum absolute atomic E-state index is 12.5. The summed E-state index contributed by atoms with van der Waals surface area (Å²) in [6, 6.07) is 13.2.